The van der Waals surface area contributed by atoms with E-state index in [-0.39, 0.29) is 18.0 Å². The van der Waals surface area contributed by atoms with Crippen LogP contribution in [-0.4, -0.2) is 65.2 Å². The molecule has 1 aliphatic rings. The average Bonchev–Trinajstić information content (AvgIpc) is 2.74. The van der Waals surface area contributed by atoms with E-state index < -0.39 is 17.7 Å². The predicted octanol–water partition coefficient (Wildman–Crippen LogP) is 3.64. The van der Waals surface area contributed by atoms with Gasteiger partial charge in [0.25, 0.3) is 0 Å². The van der Waals surface area contributed by atoms with Crippen LogP contribution in [0.1, 0.15) is 36.7 Å². The Labute approximate surface area is 187 Å². The van der Waals surface area contributed by atoms with Gasteiger partial charge in [0, 0.05) is 25.2 Å². The molecule has 2 amide bonds. The van der Waals surface area contributed by atoms with Crippen LogP contribution in [0.2, 0.25) is 0 Å². The number of hydrogen-bond donors (Lipinski definition) is 1. The number of methoxy groups -OCH3 is 1. The Kier molecular flexibility index (Phi) is 6.72. The molecule has 0 aliphatic carbocycles. The van der Waals surface area contributed by atoms with Gasteiger partial charge in [-0.25, -0.2) is 9.59 Å². The fourth-order valence-electron chi connectivity index (χ4n) is 3.44. The molecule has 170 valence electrons. The highest BCUT2D eigenvalue weighted by Gasteiger charge is 2.30. The van der Waals surface area contributed by atoms with Crippen molar-refractivity contribution in [3.8, 4) is 16.9 Å². The van der Waals surface area contributed by atoms with Crippen LogP contribution in [0.5, 0.6) is 5.75 Å². The molecule has 32 heavy (non-hydrogen) atoms. The molecule has 0 spiro atoms. The fraction of sp³-hybridized carbons (Fsp3) is 0.375. The minimum absolute atomic E-state index is 0.0138. The number of carboxylic acids is 1. The van der Waals surface area contributed by atoms with Crippen LogP contribution >= 0.6 is 0 Å². The molecule has 1 N–H and O–H groups in total. The summed E-state index contributed by atoms with van der Waals surface area (Å²) in [7, 11) is 1.57. The Morgan fingerprint density at radius 1 is 1.06 bits per heavy atom. The van der Waals surface area contributed by atoms with Gasteiger partial charge in [-0.2, -0.15) is 0 Å². The summed E-state index contributed by atoms with van der Waals surface area (Å²) in [6.07, 6.45) is -0.481. The molecule has 2 aromatic rings. The standard InChI is InChI=1S/C24H28N2O6/c1-24(2,3)32-23(30)26-12-11-25(21(27)15-26)14-16-5-10-19(20(13-16)31-4)17-6-8-18(9-7-17)22(28)29/h5-10,13H,11-12,14-15H2,1-4H3,(H,28,29). The summed E-state index contributed by atoms with van der Waals surface area (Å²) < 4.78 is 10.9. The highest BCUT2D eigenvalue weighted by atomic mass is 16.6. The van der Waals surface area contributed by atoms with Gasteiger partial charge in [0.2, 0.25) is 5.91 Å². The molecule has 8 nitrogen and oxygen atoms in total. The SMILES string of the molecule is COc1cc(CN2CCN(C(=O)OC(C)(C)C)CC2=O)ccc1-c1ccc(C(=O)O)cc1. The van der Waals surface area contributed by atoms with Crippen molar-refractivity contribution in [2.24, 2.45) is 0 Å². The molecule has 1 heterocycles. The van der Waals surface area contributed by atoms with E-state index in [1.54, 1.807) is 57.0 Å². The predicted molar refractivity (Wildman–Crippen MR) is 119 cm³/mol. The van der Waals surface area contributed by atoms with Crippen molar-refractivity contribution >= 4 is 18.0 Å². The lowest BCUT2D eigenvalue weighted by molar-refractivity contribution is -0.136. The minimum Gasteiger partial charge on any atom is -0.496 e. The van der Waals surface area contributed by atoms with Gasteiger partial charge >= 0.3 is 12.1 Å². The van der Waals surface area contributed by atoms with E-state index in [4.69, 9.17) is 14.6 Å². The first kappa shape index (κ1) is 23.1. The average molecular weight is 440 g/mol. The van der Waals surface area contributed by atoms with E-state index >= 15 is 0 Å². The number of amides is 2. The molecule has 0 bridgehead atoms. The third kappa shape index (κ3) is 5.57. The summed E-state index contributed by atoms with van der Waals surface area (Å²) in [6.45, 7) is 6.59. The molecule has 0 aromatic heterocycles. The van der Waals surface area contributed by atoms with Gasteiger partial charge in [-0.15, -0.1) is 0 Å². The fourth-order valence-corrected chi connectivity index (χ4v) is 3.44. The molecule has 0 radical (unpaired) electrons. The zero-order valence-electron chi connectivity index (χ0n) is 18.8. The van der Waals surface area contributed by atoms with Gasteiger partial charge < -0.3 is 19.5 Å². The molecular weight excluding hydrogens is 412 g/mol. The second-order valence-electron chi connectivity index (χ2n) is 8.63. The topological polar surface area (TPSA) is 96.4 Å². The van der Waals surface area contributed by atoms with Gasteiger partial charge in [0.1, 0.15) is 17.9 Å². The summed E-state index contributed by atoms with van der Waals surface area (Å²) in [4.78, 5) is 39.0. The van der Waals surface area contributed by atoms with Crippen molar-refractivity contribution < 1.29 is 29.0 Å². The molecular formula is C24H28N2O6. The maximum atomic E-state index is 12.6. The van der Waals surface area contributed by atoms with E-state index in [9.17, 15) is 14.4 Å². The van der Waals surface area contributed by atoms with Crippen molar-refractivity contribution in [1.82, 2.24) is 9.80 Å². The number of nitrogens with zero attached hydrogens (tertiary/aromatic N) is 2. The zero-order valence-corrected chi connectivity index (χ0v) is 18.8. The Morgan fingerprint density at radius 3 is 2.31 bits per heavy atom. The first-order valence-electron chi connectivity index (χ1n) is 10.3. The van der Waals surface area contributed by atoms with Crippen LogP contribution in [-0.2, 0) is 16.1 Å². The van der Waals surface area contributed by atoms with Gasteiger partial charge in [0.15, 0.2) is 0 Å². The summed E-state index contributed by atoms with van der Waals surface area (Å²) in [5.41, 5.74) is 2.17. The van der Waals surface area contributed by atoms with Crippen molar-refractivity contribution in [3.05, 3.63) is 53.6 Å². The van der Waals surface area contributed by atoms with Gasteiger partial charge in [0.05, 0.1) is 12.7 Å². The van der Waals surface area contributed by atoms with E-state index in [0.717, 1.165) is 16.7 Å². The number of carbonyl (C=O) groups excluding carboxylic acids is 2. The molecule has 1 saturated heterocycles. The number of hydrogen-bond acceptors (Lipinski definition) is 5. The first-order chi connectivity index (χ1) is 15.1. The Bertz CT molecular complexity index is 1010. The monoisotopic (exact) mass is 440 g/mol. The lowest BCUT2D eigenvalue weighted by Gasteiger charge is -2.35. The maximum Gasteiger partial charge on any atom is 0.410 e. The number of ether oxygens (including phenoxy) is 2. The van der Waals surface area contributed by atoms with Crippen LogP contribution in [0.25, 0.3) is 11.1 Å². The number of carbonyl (C=O) groups is 3. The number of piperazine rings is 1. The zero-order chi connectivity index (χ0) is 23.5. The highest BCUT2D eigenvalue weighted by molar-refractivity contribution is 5.88. The molecule has 0 unspecified atom stereocenters. The number of carboxylic acid groups (broad SMARTS) is 1. The molecule has 0 saturated carbocycles. The van der Waals surface area contributed by atoms with Crippen LogP contribution in [0.15, 0.2) is 42.5 Å². The summed E-state index contributed by atoms with van der Waals surface area (Å²) in [5.74, 6) is -0.491. The molecule has 0 atom stereocenters. The van der Waals surface area contributed by atoms with E-state index in [2.05, 4.69) is 0 Å². The van der Waals surface area contributed by atoms with Crippen LogP contribution in [0.3, 0.4) is 0 Å². The molecule has 8 heteroatoms. The second kappa shape index (κ2) is 9.30. The van der Waals surface area contributed by atoms with E-state index in [1.807, 2.05) is 18.2 Å². The third-order valence-electron chi connectivity index (χ3n) is 5.05. The van der Waals surface area contributed by atoms with Gasteiger partial charge in [-0.3, -0.25) is 9.69 Å². The third-order valence-corrected chi connectivity index (χ3v) is 5.05. The summed E-state index contributed by atoms with van der Waals surface area (Å²) in [6, 6.07) is 12.2. The van der Waals surface area contributed by atoms with Gasteiger partial charge in [-0.05, 0) is 50.1 Å². The Morgan fingerprint density at radius 2 is 1.75 bits per heavy atom. The lowest BCUT2D eigenvalue weighted by Crippen LogP contribution is -2.52. The minimum atomic E-state index is -0.977. The summed E-state index contributed by atoms with van der Waals surface area (Å²) in [5, 5.41) is 9.07. The molecule has 1 fully saturated rings. The van der Waals surface area contributed by atoms with Gasteiger partial charge in [-0.1, -0.05) is 24.3 Å². The number of aromatic carboxylic acids is 1. The van der Waals surface area contributed by atoms with E-state index in [1.165, 1.54) is 4.90 Å². The van der Waals surface area contributed by atoms with Crippen LogP contribution < -0.4 is 4.74 Å². The smallest absolute Gasteiger partial charge is 0.410 e. The second-order valence-corrected chi connectivity index (χ2v) is 8.63. The van der Waals surface area contributed by atoms with Crippen molar-refractivity contribution in [1.29, 1.82) is 0 Å². The Hall–Kier alpha value is -3.55. The number of benzene rings is 2. The largest absolute Gasteiger partial charge is 0.496 e. The van der Waals surface area contributed by atoms with Crippen molar-refractivity contribution in [3.63, 3.8) is 0 Å². The van der Waals surface area contributed by atoms with Crippen molar-refractivity contribution in [2.45, 2.75) is 32.9 Å². The first-order valence-corrected chi connectivity index (χ1v) is 10.3. The Balaban J connectivity index is 1.69. The van der Waals surface area contributed by atoms with E-state index in [0.29, 0.717) is 25.4 Å². The molecule has 2 aromatic carbocycles. The normalized spacial score (nSPS) is 14.3. The van der Waals surface area contributed by atoms with Crippen molar-refractivity contribution in [2.75, 3.05) is 26.7 Å². The van der Waals surface area contributed by atoms with Crippen LogP contribution in [0.4, 0.5) is 4.79 Å². The maximum absolute atomic E-state index is 12.6. The highest BCUT2D eigenvalue weighted by Crippen LogP contribution is 2.31. The number of rotatable bonds is 5. The summed E-state index contributed by atoms with van der Waals surface area (Å²) >= 11 is 0. The molecule has 3 rings (SSSR count). The van der Waals surface area contributed by atoms with Crippen LogP contribution in [0, 0.1) is 0 Å². The quantitative estimate of drug-likeness (QED) is 0.763. The lowest BCUT2D eigenvalue weighted by atomic mass is 10.0. The molecule has 1 aliphatic heterocycles.